The molecule has 0 saturated carbocycles. The molecule has 1 N–H and O–H groups in total. The molecule has 0 aliphatic carbocycles. The van der Waals surface area contributed by atoms with Gasteiger partial charge < -0.3 is 5.32 Å². The minimum Gasteiger partial charge on any atom is -0.366 e. The topological polar surface area (TPSA) is 24.9 Å². The Hall–Kier alpha value is -1.05. The van der Waals surface area contributed by atoms with Crippen molar-refractivity contribution in [3.63, 3.8) is 0 Å². The van der Waals surface area contributed by atoms with Crippen LogP contribution in [0.25, 0.3) is 0 Å². The highest BCUT2D eigenvalue weighted by Crippen LogP contribution is 2.50. The summed E-state index contributed by atoms with van der Waals surface area (Å²) >= 11 is 0. The summed E-state index contributed by atoms with van der Waals surface area (Å²) in [7, 11) is 0. The zero-order chi connectivity index (χ0) is 12.8. The summed E-state index contributed by atoms with van der Waals surface area (Å²) in [5, 5.41) is 3.62. The fraction of sp³-hybridized carbons (Fsp3) is 0.667. The molecule has 1 aliphatic heterocycles. The molecular formula is C15H24N2. The maximum atomic E-state index is 4.48. The Bertz CT molecular complexity index is 410. The average Bonchev–Trinajstić information content (AvgIpc) is 2.54. The molecule has 0 amide bonds. The fourth-order valence-electron chi connectivity index (χ4n) is 2.88. The average molecular weight is 232 g/mol. The van der Waals surface area contributed by atoms with Crippen molar-refractivity contribution in [3.05, 3.63) is 23.9 Å². The highest BCUT2D eigenvalue weighted by Gasteiger charge is 2.45. The monoisotopic (exact) mass is 232 g/mol. The van der Waals surface area contributed by atoms with Gasteiger partial charge in [-0.3, -0.25) is 0 Å². The molecule has 0 radical (unpaired) electrons. The van der Waals surface area contributed by atoms with Gasteiger partial charge in [0, 0.05) is 23.7 Å². The SMILES string of the molecule is CC(C)(C)C1Nc2ncccc2C1C(C)(C)C. The van der Waals surface area contributed by atoms with Gasteiger partial charge in [-0.15, -0.1) is 0 Å². The second kappa shape index (κ2) is 3.72. The molecule has 1 aromatic rings. The number of anilines is 1. The Kier molecular flexibility index (Phi) is 2.72. The summed E-state index contributed by atoms with van der Waals surface area (Å²) in [5.74, 6) is 1.60. The Morgan fingerprint density at radius 2 is 1.71 bits per heavy atom. The van der Waals surface area contributed by atoms with Crippen LogP contribution >= 0.6 is 0 Å². The standard InChI is InChI=1S/C15H24N2/c1-14(2,3)11-10-8-7-9-16-13(10)17-12(11)15(4,5)6/h7-9,11-12H,1-6H3,(H,16,17). The van der Waals surface area contributed by atoms with Crippen LogP contribution in [0.2, 0.25) is 0 Å². The predicted octanol–water partition coefficient (Wildman–Crippen LogP) is 4.05. The molecule has 0 aromatic carbocycles. The summed E-state index contributed by atoms with van der Waals surface area (Å²) in [5.41, 5.74) is 1.86. The van der Waals surface area contributed by atoms with Crippen LogP contribution in [0.1, 0.15) is 53.0 Å². The lowest BCUT2D eigenvalue weighted by atomic mass is 9.67. The number of fused-ring (bicyclic) bond motifs is 1. The van der Waals surface area contributed by atoms with E-state index < -0.39 is 0 Å². The van der Waals surface area contributed by atoms with Crippen molar-refractivity contribution >= 4 is 5.82 Å². The molecular weight excluding hydrogens is 208 g/mol. The van der Waals surface area contributed by atoms with Crippen LogP contribution in [0.15, 0.2) is 18.3 Å². The summed E-state index contributed by atoms with van der Waals surface area (Å²) < 4.78 is 0. The Labute approximate surface area is 105 Å². The van der Waals surface area contributed by atoms with Gasteiger partial charge >= 0.3 is 0 Å². The fourth-order valence-corrected chi connectivity index (χ4v) is 2.88. The molecule has 1 aromatic heterocycles. The van der Waals surface area contributed by atoms with Crippen LogP contribution < -0.4 is 5.32 Å². The number of nitrogens with one attached hydrogen (secondary N) is 1. The van der Waals surface area contributed by atoms with E-state index in [9.17, 15) is 0 Å². The number of aromatic nitrogens is 1. The van der Waals surface area contributed by atoms with E-state index in [2.05, 4.69) is 57.9 Å². The minimum atomic E-state index is 0.235. The maximum Gasteiger partial charge on any atom is 0.129 e. The highest BCUT2D eigenvalue weighted by atomic mass is 15.1. The lowest BCUT2D eigenvalue weighted by molar-refractivity contribution is 0.214. The zero-order valence-corrected chi connectivity index (χ0v) is 11.8. The van der Waals surface area contributed by atoms with Crippen LogP contribution in [-0.4, -0.2) is 11.0 Å². The molecule has 2 atom stereocenters. The van der Waals surface area contributed by atoms with Crippen molar-refractivity contribution in [2.24, 2.45) is 10.8 Å². The third kappa shape index (κ3) is 2.18. The first kappa shape index (κ1) is 12.4. The quantitative estimate of drug-likeness (QED) is 0.730. The zero-order valence-electron chi connectivity index (χ0n) is 11.8. The van der Waals surface area contributed by atoms with E-state index in [0.717, 1.165) is 5.82 Å². The molecule has 17 heavy (non-hydrogen) atoms. The van der Waals surface area contributed by atoms with Gasteiger partial charge in [0.15, 0.2) is 0 Å². The van der Waals surface area contributed by atoms with Crippen LogP contribution in [-0.2, 0) is 0 Å². The van der Waals surface area contributed by atoms with Crippen LogP contribution in [0.5, 0.6) is 0 Å². The second-order valence-electron chi connectivity index (χ2n) is 7.27. The third-order valence-electron chi connectivity index (χ3n) is 3.67. The van der Waals surface area contributed by atoms with Crippen molar-refractivity contribution < 1.29 is 0 Å². The minimum absolute atomic E-state index is 0.235. The number of nitrogens with zero attached hydrogens (tertiary/aromatic N) is 1. The first-order chi connectivity index (χ1) is 7.71. The van der Waals surface area contributed by atoms with E-state index in [1.54, 1.807) is 0 Å². The van der Waals surface area contributed by atoms with E-state index in [0.29, 0.717) is 12.0 Å². The second-order valence-corrected chi connectivity index (χ2v) is 7.27. The molecule has 0 spiro atoms. The number of pyridine rings is 1. The number of hydrogen-bond donors (Lipinski definition) is 1. The van der Waals surface area contributed by atoms with Gasteiger partial charge in [0.2, 0.25) is 0 Å². The molecule has 2 heterocycles. The first-order valence-corrected chi connectivity index (χ1v) is 6.43. The van der Waals surface area contributed by atoms with E-state index in [4.69, 9.17) is 0 Å². The van der Waals surface area contributed by atoms with E-state index in [-0.39, 0.29) is 10.8 Å². The van der Waals surface area contributed by atoms with Gasteiger partial charge in [-0.2, -0.15) is 0 Å². The Morgan fingerprint density at radius 1 is 1.06 bits per heavy atom. The van der Waals surface area contributed by atoms with Crippen molar-refractivity contribution in [3.8, 4) is 0 Å². The Balaban J connectivity index is 2.48. The molecule has 94 valence electrons. The normalized spacial score (nSPS) is 24.4. The number of hydrogen-bond acceptors (Lipinski definition) is 2. The summed E-state index contributed by atoms with van der Waals surface area (Å²) in [6, 6.07) is 4.72. The summed E-state index contributed by atoms with van der Waals surface area (Å²) in [6.45, 7) is 13.9. The van der Waals surface area contributed by atoms with Crippen molar-refractivity contribution in [1.82, 2.24) is 4.98 Å². The molecule has 0 saturated heterocycles. The summed E-state index contributed by atoms with van der Waals surface area (Å²) in [4.78, 5) is 4.48. The molecule has 2 rings (SSSR count). The van der Waals surface area contributed by atoms with Crippen molar-refractivity contribution in [2.75, 3.05) is 5.32 Å². The summed E-state index contributed by atoms with van der Waals surface area (Å²) in [6.07, 6.45) is 1.87. The van der Waals surface area contributed by atoms with Crippen LogP contribution in [0, 0.1) is 10.8 Å². The van der Waals surface area contributed by atoms with Crippen molar-refractivity contribution in [1.29, 1.82) is 0 Å². The van der Waals surface area contributed by atoms with E-state index >= 15 is 0 Å². The third-order valence-corrected chi connectivity index (χ3v) is 3.67. The molecule has 2 heteroatoms. The van der Waals surface area contributed by atoms with Crippen LogP contribution in [0.3, 0.4) is 0 Å². The largest absolute Gasteiger partial charge is 0.366 e. The van der Waals surface area contributed by atoms with Gasteiger partial charge in [-0.05, 0) is 16.9 Å². The van der Waals surface area contributed by atoms with Gasteiger partial charge in [-0.25, -0.2) is 4.98 Å². The van der Waals surface area contributed by atoms with E-state index in [1.807, 2.05) is 12.3 Å². The van der Waals surface area contributed by atoms with Crippen molar-refractivity contribution in [2.45, 2.75) is 53.5 Å². The molecule has 0 fully saturated rings. The molecule has 0 bridgehead atoms. The van der Waals surface area contributed by atoms with E-state index in [1.165, 1.54) is 5.56 Å². The number of rotatable bonds is 0. The Morgan fingerprint density at radius 3 is 2.24 bits per heavy atom. The van der Waals surface area contributed by atoms with Gasteiger partial charge in [0.25, 0.3) is 0 Å². The highest BCUT2D eigenvalue weighted by molar-refractivity contribution is 5.55. The van der Waals surface area contributed by atoms with Crippen LogP contribution in [0.4, 0.5) is 5.82 Å². The van der Waals surface area contributed by atoms with Gasteiger partial charge in [-0.1, -0.05) is 47.6 Å². The van der Waals surface area contributed by atoms with Gasteiger partial charge in [0.1, 0.15) is 5.82 Å². The predicted molar refractivity (Wildman–Crippen MR) is 73.3 cm³/mol. The molecule has 2 nitrogen and oxygen atoms in total. The molecule has 2 unspecified atom stereocenters. The lowest BCUT2D eigenvalue weighted by Gasteiger charge is -2.39. The molecule has 1 aliphatic rings. The van der Waals surface area contributed by atoms with Gasteiger partial charge in [0.05, 0.1) is 0 Å². The lowest BCUT2D eigenvalue weighted by Crippen LogP contribution is -2.40. The first-order valence-electron chi connectivity index (χ1n) is 6.43. The smallest absolute Gasteiger partial charge is 0.129 e. The maximum absolute atomic E-state index is 4.48.